The van der Waals surface area contributed by atoms with E-state index in [0.29, 0.717) is 11.1 Å². The zero-order valence-electron chi connectivity index (χ0n) is 5.66. The van der Waals surface area contributed by atoms with Crippen LogP contribution in [0.15, 0.2) is 24.4 Å². The maximum Gasteiger partial charge on any atom is 0.209 e. The number of rotatable bonds is 0. The third kappa shape index (κ3) is 0.851. The van der Waals surface area contributed by atoms with Crippen molar-refractivity contribution in [3.8, 4) is 0 Å². The maximum atomic E-state index is 5.75. The molecule has 0 atom stereocenters. The molecule has 0 aliphatic carbocycles. The molecule has 2 N–H and O–H groups in total. The summed E-state index contributed by atoms with van der Waals surface area (Å²) < 4.78 is 1.73. The van der Waals surface area contributed by atoms with Gasteiger partial charge in [0.2, 0.25) is 5.28 Å². The molecule has 0 spiro atoms. The van der Waals surface area contributed by atoms with Crippen molar-refractivity contribution in [2.75, 3.05) is 5.73 Å². The lowest BCUT2D eigenvalue weighted by molar-refractivity contribution is 1.15. The molecule has 3 nitrogen and oxygen atoms in total. The molecular formula is C7H6ClN3. The largest absolute Gasteiger partial charge is 0.382 e. The number of anilines is 1. The van der Waals surface area contributed by atoms with Crippen LogP contribution in [0, 0.1) is 0 Å². The third-order valence-corrected chi connectivity index (χ3v) is 1.80. The van der Waals surface area contributed by atoms with Gasteiger partial charge >= 0.3 is 0 Å². The number of aromatic nitrogens is 2. The van der Waals surface area contributed by atoms with Crippen LogP contribution < -0.4 is 5.73 Å². The molecule has 56 valence electrons. The fourth-order valence-corrected chi connectivity index (χ4v) is 1.26. The Morgan fingerprint density at radius 2 is 2.27 bits per heavy atom. The van der Waals surface area contributed by atoms with E-state index < -0.39 is 0 Å². The standard InChI is InChI=1S/C7H6ClN3/c8-7-10-6(9)5-3-1-2-4-11(5)7/h1-4H,9H2. The summed E-state index contributed by atoms with van der Waals surface area (Å²) in [5.74, 6) is 0.468. The monoisotopic (exact) mass is 167 g/mol. The molecule has 0 radical (unpaired) electrons. The van der Waals surface area contributed by atoms with Crippen molar-refractivity contribution in [2.45, 2.75) is 0 Å². The molecule has 2 aromatic rings. The van der Waals surface area contributed by atoms with Gasteiger partial charge in [-0.15, -0.1) is 0 Å². The average molecular weight is 168 g/mol. The van der Waals surface area contributed by atoms with Gasteiger partial charge in [-0.2, -0.15) is 0 Å². The Balaban J connectivity index is 2.95. The first-order chi connectivity index (χ1) is 5.29. The van der Waals surface area contributed by atoms with Gasteiger partial charge in [-0.05, 0) is 23.7 Å². The number of imidazole rings is 1. The number of pyridine rings is 1. The van der Waals surface area contributed by atoms with E-state index in [1.165, 1.54) is 0 Å². The number of fused-ring (bicyclic) bond motifs is 1. The molecule has 0 bridgehead atoms. The number of halogens is 1. The minimum atomic E-state index is 0.401. The second-order valence-electron chi connectivity index (χ2n) is 2.22. The molecule has 0 unspecified atom stereocenters. The smallest absolute Gasteiger partial charge is 0.209 e. The molecule has 0 amide bonds. The highest BCUT2D eigenvalue weighted by atomic mass is 35.5. The van der Waals surface area contributed by atoms with Crippen molar-refractivity contribution in [1.29, 1.82) is 0 Å². The summed E-state index contributed by atoms with van der Waals surface area (Å²) in [4.78, 5) is 3.90. The summed E-state index contributed by atoms with van der Waals surface area (Å²) in [7, 11) is 0. The minimum Gasteiger partial charge on any atom is -0.382 e. The highest BCUT2D eigenvalue weighted by Gasteiger charge is 2.03. The van der Waals surface area contributed by atoms with Gasteiger partial charge in [0.05, 0.1) is 5.52 Å². The van der Waals surface area contributed by atoms with E-state index in [9.17, 15) is 0 Å². The van der Waals surface area contributed by atoms with Gasteiger partial charge in [0.25, 0.3) is 0 Å². The van der Waals surface area contributed by atoms with Gasteiger partial charge in [0.15, 0.2) is 5.82 Å². The van der Waals surface area contributed by atoms with E-state index in [0.717, 1.165) is 5.52 Å². The Hall–Kier alpha value is -1.22. The van der Waals surface area contributed by atoms with E-state index in [4.69, 9.17) is 17.3 Å². The summed E-state index contributed by atoms with van der Waals surface area (Å²) in [5, 5.41) is 0.401. The Morgan fingerprint density at radius 1 is 1.45 bits per heavy atom. The van der Waals surface area contributed by atoms with Crippen molar-refractivity contribution >= 4 is 22.9 Å². The Labute approximate surface area is 68.4 Å². The summed E-state index contributed by atoms with van der Waals surface area (Å²) in [5.41, 5.74) is 6.41. The molecule has 0 aliphatic heterocycles. The van der Waals surface area contributed by atoms with E-state index in [2.05, 4.69) is 4.98 Å². The van der Waals surface area contributed by atoms with E-state index >= 15 is 0 Å². The lowest BCUT2D eigenvalue weighted by atomic mass is 10.4. The summed E-state index contributed by atoms with van der Waals surface area (Å²) in [6.45, 7) is 0. The topological polar surface area (TPSA) is 43.3 Å². The lowest BCUT2D eigenvalue weighted by Crippen LogP contribution is -1.84. The molecular weight excluding hydrogens is 162 g/mol. The Morgan fingerprint density at radius 3 is 3.00 bits per heavy atom. The van der Waals surface area contributed by atoms with Gasteiger partial charge < -0.3 is 5.73 Å². The molecule has 2 aromatic heterocycles. The van der Waals surface area contributed by atoms with Crippen LogP contribution in [0.2, 0.25) is 5.28 Å². The normalized spacial score (nSPS) is 10.6. The number of hydrogen-bond acceptors (Lipinski definition) is 2. The van der Waals surface area contributed by atoms with Crippen LogP contribution in [-0.4, -0.2) is 9.38 Å². The predicted octanol–water partition coefficient (Wildman–Crippen LogP) is 1.57. The maximum absolute atomic E-state index is 5.75. The van der Waals surface area contributed by atoms with Crippen LogP contribution in [0.3, 0.4) is 0 Å². The van der Waals surface area contributed by atoms with Crippen molar-refractivity contribution < 1.29 is 0 Å². The van der Waals surface area contributed by atoms with Crippen LogP contribution in [0.1, 0.15) is 0 Å². The summed E-state index contributed by atoms with van der Waals surface area (Å²) in [6.07, 6.45) is 1.82. The first kappa shape index (κ1) is 6.49. The van der Waals surface area contributed by atoms with E-state index in [1.807, 2.05) is 24.4 Å². The second kappa shape index (κ2) is 2.13. The molecule has 2 rings (SSSR count). The zero-order chi connectivity index (χ0) is 7.84. The van der Waals surface area contributed by atoms with Crippen molar-refractivity contribution in [3.05, 3.63) is 29.7 Å². The molecule has 0 saturated carbocycles. The van der Waals surface area contributed by atoms with Crippen LogP contribution in [0.5, 0.6) is 0 Å². The second-order valence-corrected chi connectivity index (χ2v) is 2.56. The third-order valence-electron chi connectivity index (χ3n) is 1.53. The van der Waals surface area contributed by atoms with Crippen molar-refractivity contribution in [2.24, 2.45) is 0 Å². The van der Waals surface area contributed by atoms with Crippen molar-refractivity contribution in [1.82, 2.24) is 9.38 Å². The quantitative estimate of drug-likeness (QED) is 0.647. The molecule has 0 fully saturated rings. The highest BCUT2D eigenvalue weighted by molar-refractivity contribution is 6.29. The van der Waals surface area contributed by atoms with E-state index in [-0.39, 0.29) is 0 Å². The molecule has 0 saturated heterocycles. The van der Waals surface area contributed by atoms with Gasteiger partial charge in [-0.3, -0.25) is 4.40 Å². The zero-order valence-corrected chi connectivity index (χ0v) is 6.42. The number of nitrogens with two attached hydrogens (primary N) is 1. The highest BCUT2D eigenvalue weighted by Crippen LogP contribution is 2.17. The average Bonchev–Trinajstić information content (AvgIpc) is 2.30. The van der Waals surface area contributed by atoms with Gasteiger partial charge in [0, 0.05) is 6.20 Å². The Bertz CT molecular complexity index is 357. The minimum absolute atomic E-state index is 0.401. The summed E-state index contributed by atoms with van der Waals surface area (Å²) >= 11 is 5.75. The molecule has 2 heterocycles. The SMILES string of the molecule is Nc1nc(Cl)n2ccccc12. The predicted molar refractivity (Wildman–Crippen MR) is 44.6 cm³/mol. The Kier molecular flexibility index (Phi) is 1.26. The number of hydrogen-bond donors (Lipinski definition) is 1. The molecule has 11 heavy (non-hydrogen) atoms. The van der Waals surface area contributed by atoms with Gasteiger partial charge in [-0.25, -0.2) is 4.98 Å². The number of nitrogen functional groups attached to an aromatic ring is 1. The van der Waals surface area contributed by atoms with Crippen LogP contribution >= 0.6 is 11.6 Å². The van der Waals surface area contributed by atoms with E-state index in [1.54, 1.807) is 4.40 Å². The van der Waals surface area contributed by atoms with Gasteiger partial charge in [-0.1, -0.05) is 6.07 Å². The first-order valence-corrected chi connectivity index (χ1v) is 3.55. The molecule has 4 heteroatoms. The lowest BCUT2D eigenvalue weighted by Gasteiger charge is -1.91. The first-order valence-electron chi connectivity index (χ1n) is 3.17. The fourth-order valence-electron chi connectivity index (χ4n) is 1.02. The summed E-state index contributed by atoms with van der Waals surface area (Å²) in [6, 6.07) is 5.64. The van der Waals surface area contributed by atoms with Crippen LogP contribution in [-0.2, 0) is 0 Å². The van der Waals surface area contributed by atoms with Crippen molar-refractivity contribution in [3.63, 3.8) is 0 Å². The number of nitrogens with zero attached hydrogens (tertiary/aromatic N) is 2. The van der Waals surface area contributed by atoms with Gasteiger partial charge in [0.1, 0.15) is 0 Å². The fraction of sp³-hybridized carbons (Fsp3) is 0. The van der Waals surface area contributed by atoms with Crippen LogP contribution in [0.25, 0.3) is 5.52 Å². The molecule has 0 aromatic carbocycles. The van der Waals surface area contributed by atoms with Crippen LogP contribution in [0.4, 0.5) is 5.82 Å². The molecule has 0 aliphatic rings.